The Labute approximate surface area is 90.7 Å². The quantitative estimate of drug-likeness (QED) is 0.729. The topological polar surface area (TPSA) is 28.7 Å². The largest absolute Gasteiger partial charge is 0.364 e. The van der Waals surface area contributed by atoms with Crippen molar-refractivity contribution in [1.82, 2.24) is 9.97 Å². The lowest BCUT2D eigenvalue weighted by atomic mass is 10.2. The molecular formula is C13H16N2. The minimum atomic E-state index is 0.943. The molecule has 0 saturated heterocycles. The summed E-state index contributed by atoms with van der Waals surface area (Å²) in [5, 5.41) is 0. The van der Waals surface area contributed by atoms with Gasteiger partial charge in [0.05, 0.1) is 5.69 Å². The summed E-state index contributed by atoms with van der Waals surface area (Å²) >= 11 is 0. The summed E-state index contributed by atoms with van der Waals surface area (Å²) in [6.07, 6.45) is 9.14. The van der Waals surface area contributed by atoms with Gasteiger partial charge in [-0.1, -0.05) is 24.8 Å². The van der Waals surface area contributed by atoms with Crippen molar-refractivity contribution in [3.8, 4) is 0 Å². The number of H-pyrrole nitrogens is 1. The molecule has 0 aliphatic carbocycles. The van der Waals surface area contributed by atoms with Crippen molar-refractivity contribution in [1.29, 1.82) is 0 Å². The van der Waals surface area contributed by atoms with Crippen LogP contribution >= 0.6 is 0 Å². The van der Waals surface area contributed by atoms with Gasteiger partial charge in [0.2, 0.25) is 0 Å². The first-order valence-corrected chi connectivity index (χ1v) is 4.88. The van der Waals surface area contributed by atoms with Crippen LogP contribution in [0.4, 0.5) is 0 Å². The van der Waals surface area contributed by atoms with Crippen molar-refractivity contribution in [2.75, 3.05) is 0 Å². The Hall–Kier alpha value is -1.83. The van der Waals surface area contributed by atoms with Gasteiger partial charge in [0.15, 0.2) is 0 Å². The fourth-order valence-electron chi connectivity index (χ4n) is 1.11. The maximum Gasteiger partial charge on any atom is 0.0659 e. The van der Waals surface area contributed by atoms with E-state index in [1.807, 2.05) is 44.3 Å². The minimum Gasteiger partial charge on any atom is -0.364 e. The number of aromatic amines is 1. The Morgan fingerprint density at radius 1 is 1.33 bits per heavy atom. The van der Waals surface area contributed by atoms with Gasteiger partial charge in [0.25, 0.3) is 0 Å². The predicted molar refractivity (Wildman–Crippen MR) is 64.9 cm³/mol. The monoisotopic (exact) mass is 200 g/mol. The Balaban J connectivity index is 3.29. The molecule has 0 radical (unpaired) electrons. The first-order chi connectivity index (χ1) is 7.24. The molecule has 0 aromatic carbocycles. The van der Waals surface area contributed by atoms with Crippen LogP contribution in [0.5, 0.6) is 0 Å². The molecule has 2 heteroatoms. The van der Waals surface area contributed by atoms with Crippen molar-refractivity contribution < 1.29 is 0 Å². The van der Waals surface area contributed by atoms with Gasteiger partial charge >= 0.3 is 0 Å². The van der Waals surface area contributed by atoms with Crippen molar-refractivity contribution in [2.45, 2.75) is 13.8 Å². The zero-order chi connectivity index (χ0) is 11.1. The molecule has 1 aromatic heterocycles. The zero-order valence-corrected chi connectivity index (χ0v) is 9.20. The molecule has 2 nitrogen and oxygen atoms in total. The van der Waals surface area contributed by atoms with E-state index in [4.69, 9.17) is 0 Å². The molecule has 1 aromatic rings. The van der Waals surface area contributed by atoms with Crippen LogP contribution in [0, 0.1) is 13.8 Å². The standard InChI is InChI=1S/C13H16N2/c1-4-5-6-13-11(2)7-8-12(3)14-9-10-15-13/h4-10,14H,1H2,2-3H3/b6-5-,10-9?,11-7?,12-8?,15-13?. The van der Waals surface area contributed by atoms with Gasteiger partial charge in [-0.05, 0) is 31.6 Å². The summed E-state index contributed by atoms with van der Waals surface area (Å²) in [7, 11) is 0. The maximum atomic E-state index is 4.33. The molecule has 0 unspecified atom stereocenters. The molecule has 0 fully saturated rings. The fourth-order valence-corrected chi connectivity index (χ4v) is 1.11. The van der Waals surface area contributed by atoms with Crippen molar-refractivity contribution >= 4 is 6.08 Å². The molecule has 0 aliphatic rings. The average Bonchev–Trinajstić information content (AvgIpc) is 2.30. The molecule has 0 amide bonds. The number of allylic oxidation sites excluding steroid dienone is 2. The highest BCUT2D eigenvalue weighted by atomic mass is 14.7. The van der Waals surface area contributed by atoms with Crippen molar-refractivity contribution in [2.24, 2.45) is 0 Å². The van der Waals surface area contributed by atoms with Gasteiger partial charge in [0.1, 0.15) is 0 Å². The van der Waals surface area contributed by atoms with Crippen LogP contribution in [0.2, 0.25) is 0 Å². The average molecular weight is 200 g/mol. The first-order valence-electron chi connectivity index (χ1n) is 4.88. The van der Waals surface area contributed by atoms with Gasteiger partial charge in [-0.25, -0.2) is 0 Å². The fraction of sp³-hybridized carbons (Fsp3) is 0.154. The summed E-state index contributed by atoms with van der Waals surface area (Å²) in [5.41, 5.74) is 3.16. The molecule has 0 aliphatic heterocycles. The van der Waals surface area contributed by atoms with E-state index in [-0.39, 0.29) is 0 Å². The van der Waals surface area contributed by atoms with Crippen LogP contribution < -0.4 is 0 Å². The van der Waals surface area contributed by atoms with Crippen molar-refractivity contribution in [3.05, 3.63) is 60.2 Å². The molecule has 0 bridgehead atoms. The molecule has 15 heavy (non-hydrogen) atoms. The summed E-state index contributed by atoms with van der Waals surface area (Å²) in [4.78, 5) is 7.44. The smallest absolute Gasteiger partial charge is 0.0659 e. The van der Waals surface area contributed by atoms with E-state index in [1.165, 1.54) is 0 Å². The number of hydrogen-bond donors (Lipinski definition) is 1. The van der Waals surface area contributed by atoms with Crippen LogP contribution in [-0.2, 0) is 0 Å². The number of nitrogens with one attached hydrogen (secondary N) is 1. The number of aromatic nitrogens is 2. The zero-order valence-electron chi connectivity index (χ0n) is 9.20. The minimum absolute atomic E-state index is 0.943. The number of hydrogen-bond acceptors (Lipinski definition) is 1. The third-order valence-corrected chi connectivity index (χ3v) is 1.98. The van der Waals surface area contributed by atoms with Crippen molar-refractivity contribution in [3.63, 3.8) is 0 Å². The Morgan fingerprint density at radius 3 is 2.87 bits per heavy atom. The van der Waals surface area contributed by atoms with E-state index in [9.17, 15) is 0 Å². The second kappa shape index (κ2) is 5.81. The molecule has 0 saturated carbocycles. The molecular weight excluding hydrogens is 184 g/mol. The summed E-state index contributed by atoms with van der Waals surface area (Å²) < 4.78 is 0. The van der Waals surface area contributed by atoms with E-state index in [0.29, 0.717) is 0 Å². The van der Waals surface area contributed by atoms with Crippen LogP contribution in [0.25, 0.3) is 6.08 Å². The molecule has 78 valence electrons. The van der Waals surface area contributed by atoms with Gasteiger partial charge in [-0.3, -0.25) is 4.98 Å². The van der Waals surface area contributed by atoms with Gasteiger partial charge in [-0.15, -0.1) is 0 Å². The number of rotatable bonds is 2. The highest BCUT2D eigenvalue weighted by Gasteiger charge is 1.89. The number of nitrogens with zero attached hydrogens (tertiary/aromatic N) is 1. The lowest BCUT2D eigenvalue weighted by molar-refractivity contribution is 1.20. The molecule has 1 rings (SSSR count). The van der Waals surface area contributed by atoms with E-state index < -0.39 is 0 Å². The molecule has 1 heterocycles. The number of aryl methyl sites for hydroxylation is 2. The van der Waals surface area contributed by atoms with Crippen LogP contribution in [0.15, 0.2) is 43.3 Å². The van der Waals surface area contributed by atoms with Gasteiger partial charge in [0, 0.05) is 18.1 Å². The highest BCUT2D eigenvalue weighted by molar-refractivity contribution is 5.49. The summed E-state index contributed by atoms with van der Waals surface area (Å²) in [6.45, 7) is 7.69. The lowest BCUT2D eigenvalue weighted by Gasteiger charge is -1.91. The van der Waals surface area contributed by atoms with Crippen LogP contribution in [0.1, 0.15) is 17.0 Å². The van der Waals surface area contributed by atoms with Crippen LogP contribution in [-0.4, -0.2) is 9.97 Å². The molecule has 0 spiro atoms. The normalized spacial score (nSPS) is 10.0. The van der Waals surface area contributed by atoms with E-state index >= 15 is 0 Å². The first kappa shape index (κ1) is 11.2. The van der Waals surface area contributed by atoms with Gasteiger partial charge in [-0.2, -0.15) is 0 Å². The van der Waals surface area contributed by atoms with Crippen LogP contribution in [0.3, 0.4) is 0 Å². The van der Waals surface area contributed by atoms with E-state index in [2.05, 4.69) is 16.5 Å². The molecule has 0 atom stereocenters. The SMILES string of the molecule is C=C/C=C\c1ncc[nH]c(C)ccc1C. The second-order valence-electron chi connectivity index (χ2n) is 3.27. The third kappa shape index (κ3) is 3.81. The second-order valence-corrected chi connectivity index (χ2v) is 3.27. The predicted octanol–water partition coefficient (Wildman–Crippen LogP) is 3.35. The summed E-state index contributed by atoms with van der Waals surface area (Å²) in [5.74, 6) is 0. The summed E-state index contributed by atoms with van der Waals surface area (Å²) in [6, 6.07) is 4.07. The Bertz CT molecular complexity index is 413. The van der Waals surface area contributed by atoms with E-state index in [0.717, 1.165) is 17.0 Å². The Morgan fingerprint density at radius 2 is 2.13 bits per heavy atom. The Kier molecular flexibility index (Phi) is 4.35. The lowest BCUT2D eigenvalue weighted by Crippen LogP contribution is -1.79. The highest BCUT2D eigenvalue weighted by Crippen LogP contribution is 2.03. The molecule has 1 N–H and O–H groups in total. The third-order valence-electron chi connectivity index (χ3n) is 1.98. The van der Waals surface area contributed by atoms with E-state index in [1.54, 1.807) is 12.3 Å². The van der Waals surface area contributed by atoms with Gasteiger partial charge < -0.3 is 4.98 Å². The maximum absolute atomic E-state index is 4.33.